The van der Waals surface area contributed by atoms with Crippen LogP contribution < -0.4 is 14.9 Å². The molecule has 3 aromatic rings. The molecule has 0 aromatic heterocycles. The van der Waals surface area contributed by atoms with E-state index in [2.05, 4.69) is 10.6 Å². The number of nitrogens with one attached hydrogen (secondary N) is 2. The van der Waals surface area contributed by atoms with E-state index in [0.29, 0.717) is 17.1 Å². The van der Waals surface area contributed by atoms with Gasteiger partial charge in [-0.3, -0.25) is 13.9 Å². The van der Waals surface area contributed by atoms with Crippen LogP contribution in [0.3, 0.4) is 0 Å². The summed E-state index contributed by atoms with van der Waals surface area (Å²) in [4.78, 5) is 25.6. The maximum atomic E-state index is 13.6. The predicted octanol–water partition coefficient (Wildman–Crippen LogP) is 3.54. The van der Waals surface area contributed by atoms with Gasteiger partial charge in [0, 0.05) is 5.69 Å². The van der Waals surface area contributed by atoms with Gasteiger partial charge in [0.15, 0.2) is 0 Å². The first-order valence-corrected chi connectivity index (χ1v) is 11.2. The zero-order chi connectivity index (χ0) is 22.0. The number of para-hydroxylation sites is 3. The molecule has 0 saturated heterocycles. The standard InChI is InChI=1S/C23H21N3O4S/c1-16-11-13-18(14-12-16)31(29,30)26-20-10-6-5-9-19(20)25-23(28)21(26)15-22(27)24-17-7-3-2-4-8-17/h2-14,21H,15H2,1H3,(H,24,27)(H,25,28)/t21-/m1/s1. The number of carbonyl (C=O) groups excluding carboxylic acids is 2. The first-order valence-electron chi connectivity index (χ1n) is 9.72. The second-order valence-electron chi connectivity index (χ2n) is 7.25. The quantitative estimate of drug-likeness (QED) is 0.641. The van der Waals surface area contributed by atoms with Crippen LogP contribution in [0, 0.1) is 6.92 Å². The molecule has 0 bridgehead atoms. The summed E-state index contributed by atoms with van der Waals surface area (Å²) in [5, 5.41) is 5.43. The smallest absolute Gasteiger partial charge is 0.265 e. The Labute approximate surface area is 180 Å². The lowest BCUT2D eigenvalue weighted by molar-refractivity contribution is -0.122. The summed E-state index contributed by atoms with van der Waals surface area (Å²) in [6, 6.07) is 20.6. The lowest BCUT2D eigenvalue weighted by Crippen LogP contribution is -2.52. The highest BCUT2D eigenvalue weighted by atomic mass is 32.2. The van der Waals surface area contributed by atoms with Crippen LogP contribution in [-0.2, 0) is 19.6 Å². The van der Waals surface area contributed by atoms with Gasteiger partial charge in [-0.2, -0.15) is 0 Å². The van der Waals surface area contributed by atoms with Crippen molar-refractivity contribution in [2.24, 2.45) is 0 Å². The molecule has 0 unspecified atom stereocenters. The van der Waals surface area contributed by atoms with Crippen LogP contribution in [0.5, 0.6) is 0 Å². The van der Waals surface area contributed by atoms with Gasteiger partial charge in [0.05, 0.1) is 22.7 Å². The number of hydrogen-bond acceptors (Lipinski definition) is 4. The van der Waals surface area contributed by atoms with Crippen molar-refractivity contribution in [3.05, 3.63) is 84.4 Å². The highest BCUT2D eigenvalue weighted by molar-refractivity contribution is 7.93. The minimum absolute atomic E-state index is 0.0519. The largest absolute Gasteiger partial charge is 0.326 e. The number of anilines is 3. The van der Waals surface area contributed by atoms with Crippen LogP contribution in [0.1, 0.15) is 12.0 Å². The number of sulfonamides is 1. The third kappa shape index (κ3) is 4.15. The van der Waals surface area contributed by atoms with E-state index in [4.69, 9.17) is 0 Å². The van der Waals surface area contributed by atoms with Crippen molar-refractivity contribution in [3.8, 4) is 0 Å². The Hall–Kier alpha value is -3.65. The monoisotopic (exact) mass is 435 g/mol. The number of benzene rings is 3. The topological polar surface area (TPSA) is 95.6 Å². The zero-order valence-electron chi connectivity index (χ0n) is 16.8. The molecule has 4 rings (SSSR count). The lowest BCUT2D eigenvalue weighted by Gasteiger charge is -2.36. The number of carbonyl (C=O) groups is 2. The third-order valence-electron chi connectivity index (χ3n) is 5.00. The number of rotatable bonds is 5. The Balaban J connectivity index is 1.73. The average molecular weight is 436 g/mol. The van der Waals surface area contributed by atoms with Crippen LogP contribution in [0.25, 0.3) is 0 Å². The van der Waals surface area contributed by atoms with Gasteiger partial charge in [-0.25, -0.2) is 8.42 Å². The summed E-state index contributed by atoms with van der Waals surface area (Å²) in [6.07, 6.45) is -0.333. The lowest BCUT2D eigenvalue weighted by atomic mass is 10.1. The molecule has 2 amide bonds. The van der Waals surface area contributed by atoms with Crippen LogP contribution >= 0.6 is 0 Å². The molecule has 158 valence electrons. The molecule has 0 saturated carbocycles. The van der Waals surface area contributed by atoms with Gasteiger partial charge < -0.3 is 10.6 Å². The Bertz CT molecular complexity index is 1230. The molecule has 0 spiro atoms. The molecule has 1 atom stereocenters. The van der Waals surface area contributed by atoms with Gasteiger partial charge in [0.2, 0.25) is 11.8 Å². The fourth-order valence-electron chi connectivity index (χ4n) is 3.47. The molecular weight excluding hydrogens is 414 g/mol. The van der Waals surface area contributed by atoms with Gasteiger partial charge in [0.25, 0.3) is 10.0 Å². The molecule has 1 aliphatic heterocycles. The second-order valence-corrected chi connectivity index (χ2v) is 9.07. The predicted molar refractivity (Wildman–Crippen MR) is 119 cm³/mol. The first kappa shape index (κ1) is 20.6. The van der Waals surface area contributed by atoms with E-state index in [1.165, 1.54) is 12.1 Å². The molecule has 1 heterocycles. The molecule has 0 aliphatic carbocycles. The number of amides is 2. The Kier molecular flexibility index (Phi) is 5.48. The van der Waals surface area contributed by atoms with Crippen molar-refractivity contribution in [2.45, 2.75) is 24.3 Å². The fourth-order valence-corrected chi connectivity index (χ4v) is 5.10. The molecule has 0 radical (unpaired) electrons. The molecule has 8 heteroatoms. The summed E-state index contributed by atoms with van der Waals surface area (Å²) in [5.41, 5.74) is 2.18. The number of nitrogens with zero attached hydrogens (tertiary/aromatic N) is 1. The van der Waals surface area contributed by atoms with Gasteiger partial charge in [-0.1, -0.05) is 48.0 Å². The van der Waals surface area contributed by atoms with Crippen molar-refractivity contribution in [1.82, 2.24) is 0 Å². The van der Waals surface area contributed by atoms with E-state index in [1.807, 2.05) is 13.0 Å². The van der Waals surface area contributed by atoms with Crippen molar-refractivity contribution in [3.63, 3.8) is 0 Å². The van der Waals surface area contributed by atoms with Crippen molar-refractivity contribution < 1.29 is 18.0 Å². The van der Waals surface area contributed by atoms with Crippen molar-refractivity contribution in [2.75, 3.05) is 14.9 Å². The number of fused-ring (bicyclic) bond motifs is 1. The average Bonchev–Trinajstić information content (AvgIpc) is 2.75. The molecular formula is C23H21N3O4S. The summed E-state index contributed by atoms with van der Waals surface area (Å²) in [5.74, 6) is -1.02. The highest BCUT2D eigenvalue weighted by Gasteiger charge is 2.41. The molecule has 0 fully saturated rings. The van der Waals surface area contributed by atoms with E-state index < -0.39 is 27.9 Å². The fraction of sp³-hybridized carbons (Fsp3) is 0.130. The van der Waals surface area contributed by atoms with Crippen LogP contribution in [0.2, 0.25) is 0 Å². The van der Waals surface area contributed by atoms with E-state index in [0.717, 1.165) is 9.87 Å². The minimum atomic E-state index is -4.10. The van der Waals surface area contributed by atoms with Gasteiger partial charge in [0.1, 0.15) is 6.04 Å². The van der Waals surface area contributed by atoms with E-state index in [-0.39, 0.29) is 11.3 Å². The summed E-state index contributed by atoms with van der Waals surface area (Å²) >= 11 is 0. The second kappa shape index (κ2) is 8.23. The van der Waals surface area contributed by atoms with Gasteiger partial charge in [-0.15, -0.1) is 0 Å². The molecule has 7 nitrogen and oxygen atoms in total. The van der Waals surface area contributed by atoms with E-state index in [1.54, 1.807) is 60.7 Å². The maximum absolute atomic E-state index is 13.6. The highest BCUT2D eigenvalue weighted by Crippen LogP contribution is 2.37. The SMILES string of the molecule is Cc1ccc(S(=O)(=O)N2c3ccccc3NC(=O)[C@H]2CC(=O)Nc2ccccc2)cc1. The molecule has 2 N–H and O–H groups in total. The van der Waals surface area contributed by atoms with Crippen molar-refractivity contribution in [1.29, 1.82) is 0 Å². The summed E-state index contributed by atoms with van der Waals surface area (Å²) < 4.78 is 28.2. The third-order valence-corrected chi connectivity index (χ3v) is 6.84. The van der Waals surface area contributed by atoms with Crippen LogP contribution in [0.15, 0.2) is 83.8 Å². The molecule has 31 heavy (non-hydrogen) atoms. The summed E-state index contributed by atoms with van der Waals surface area (Å²) in [7, 11) is -4.10. The van der Waals surface area contributed by atoms with Crippen molar-refractivity contribution >= 4 is 38.9 Å². The van der Waals surface area contributed by atoms with Gasteiger partial charge >= 0.3 is 0 Å². The summed E-state index contributed by atoms with van der Waals surface area (Å²) in [6.45, 7) is 1.86. The maximum Gasteiger partial charge on any atom is 0.265 e. The number of aryl methyl sites for hydroxylation is 1. The van der Waals surface area contributed by atoms with Crippen LogP contribution in [-0.4, -0.2) is 26.3 Å². The molecule has 3 aromatic carbocycles. The first-order chi connectivity index (χ1) is 14.9. The Morgan fingerprint density at radius 2 is 1.61 bits per heavy atom. The minimum Gasteiger partial charge on any atom is -0.326 e. The molecule has 1 aliphatic rings. The Morgan fingerprint density at radius 1 is 0.968 bits per heavy atom. The zero-order valence-corrected chi connectivity index (χ0v) is 17.6. The van der Waals surface area contributed by atoms with Crippen LogP contribution in [0.4, 0.5) is 17.1 Å². The Morgan fingerprint density at radius 3 is 2.32 bits per heavy atom. The van der Waals surface area contributed by atoms with Gasteiger partial charge in [-0.05, 0) is 43.3 Å². The van der Waals surface area contributed by atoms with E-state index in [9.17, 15) is 18.0 Å². The normalized spacial score (nSPS) is 15.7. The van der Waals surface area contributed by atoms with E-state index >= 15 is 0 Å². The number of hydrogen-bond donors (Lipinski definition) is 2.